The molecule has 5 nitrogen and oxygen atoms in total. The number of rotatable bonds is 5. The number of aromatic nitrogens is 2. The fraction of sp³-hybridized carbons (Fsp3) is 0.692. The zero-order valence-corrected chi connectivity index (χ0v) is 12.2. The van der Waals surface area contributed by atoms with Crippen molar-refractivity contribution in [3.05, 3.63) is 12.4 Å². The highest BCUT2D eigenvalue weighted by Gasteiger charge is 2.42. The number of thioether (sulfide) groups is 1. The third-order valence-electron chi connectivity index (χ3n) is 3.68. The maximum atomic E-state index is 11.6. The number of aryl methyl sites for hydroxylation is 1. The number of imidazole rings is 1. The van der Waals surface area contributed by atoms with Crippen molar-refractivity contribution in [1.29, 1.82) is 0 Å². The quantitative estimate of drug-likeness (QED) is 0.864. The SMILES string of the molecule is CCNC1(C(=O)O)CCCC(Sc2nccn2C)C1. The minimum Gasteiger partial charge on any atom is -0.480 e. The van der Waals surface area contributed by atoms with Gasteiger partial charge in [-0.3, -0.25) is 4.79 Å². The van der Waals surface area contributed by atoms with Gasteiger partial charge in [-0.1, -0.05) is 18.7 Å². The van der Waals surface area contributed by atoms with Gasteiger partial charge in [-0.25, -0.2) is 4.98 Å². The fourth-order valence-electron chi connectivity index (χ4n) is 2.71. The second kappa shape index (κ2) is 5.96. The summed E-state index contributed by atoms with van der Waals surface area (Å²) >= 11 is 1.69. The van der Waals surface area contributed by atoms with Crippen LogP contribution in [0.4, 0.5) is 0 Å². The summed E-state index contributed by atoms with van der Waals surface area (Å²) in [5, 5.41) is 14.0. The summed E-state index contributed by atoms with van der Waals surface area (Å²) in [5.74, 6) is -0.723. The first-order valence-corrected chi connectivity index (χ1v) is 7.58. The first kappa shape index (κ1) is 14.4. The Balaban J connectivity index is 2.07. The minimum atomic E-state index is -0.754. The van der Waals surface area contributed by atoms with Gasteiger partial charge in [0.05, 0.1) is 0 Å². The van der Waals surface area contributed by atoms with Crippen LogP contribution in [0.15, 0.2) is 17.6 Å². The molecule has 0 aromatic carbocycles. The van der Waals surface area contributed by atoms with E-state index in [0.717, 1.165) is 18.0 Å². The average molecular weight is 283 g/mol. The molecule has 0 aliphatic heterocycles. The van der Waals surface area contributed by atoms with E-state index in [9.17, 15) is 9.90 Å². The standard InChI is InChI=1S/C13H21N3O2S/c1-3-15-13(11(17)18)6-4-5-10(9-13)19-12-14-7-8-16(12)2/h7-8,10,15H,3-6,9H2,1-2H3,(H,17,18). The number of carboxylic acid groups (broad SMARTS) is 1. The number of carbonyl (C=O) groups is 1. The van der Waals surface area contributed by atoms with Gasteiger partial charge in [0, 0.05) is 24.7 Å². The molecular weight excluding hydrogens is 262 g/mol. The topological polar surface area (TPSA) is 67.2 Å². The van der Waals surface area contributed by atoms with E-state index >= 15 is 0 Å². The summed E-state index contributed by atoms with van der Waals surface area (Å²) in [7, 11) is 1.97. The number of hydrogen-bond donors (Lipinski definition) is 2. The molecule has 1 aromatic rings. The molecule has 2 unspecified atom stereocenters. The molecule has 0 amide bonds. The molecule has 2 rings (SSSR count). The zero-order chi connectivity index (χ0) is 13.9. The van der Waals surface area contributed by atoms with Crippen LogP contribution in [-0.2, 0) is 11.8 Å². The van der Waals surface area contributed by atoms with Gasteiger partial charge in [0.1, 0.15) is 5.54 Å². The van der Waals surface area contributed by atoms with Crippen LogP contribution in [0.1, 0.15) is 32.6 Å². The Morgan fingerprint density at radius 1 is 1.74 bits per heavy atom. The molecule has 1 aromatic heterocycles. The molecule has 2 atom stereocenters. The van der Waals surface area contributed by atoms with Crippen molar-refractivity contribution in [2.75, 3.05) is 6.54 Å². The van der Waals surface area contributed by atoms with Crippen LogP contribution in [0.5, 0.6) is 0 Å². The van der Waals surface area contributed by atoms with E-state index in [1.165, 1.54) is 0 Å². The Morgan fingerprint density at radius 2 is 2.53 bits per heavy atom. The number of aliphatic carboxylic acids is 1. The highest BCUT2D eigenvalue weighted by atomic mass is 32.2. The Morgan fingerprint density at radius 3 is 3.11 bits per heavy atom. The Bertz CT molecular complexity index is 445. The number of carboxylic acids is 1. The molecular formula is C13H21N3O2S. The summed E-state index contributed by atoms with van der Waals surface area (Å²) in [6.07, 6.45) is 7.07. The van der Waals surface area contributed by atoms with E-state index in [2.05, 4.69) is 10.3 Å². The van der Waals surface area contributed by atoms with Gasteiger partial charge in [-0.05, 0) is 32.2 Å². The monoisotopic (exact) mass is 283 g/mol. The van der Waals surface area contributed by atoms with Crippen LogP contribution in [0.3, 0.4) is 0 Å². The molecule has 1 heterocycles. The third kappa shape index (κ3) is 3.12. The third-order valence-corrected chi connectivity index (χ3v) is 5.02. The van der Waals surface area contributed by atoms with Crippen LogP contribution >= 0.6 is 11.8 Å². The van der Waals surface area contributed by atoms with E-state index in [1.807, 2.05) is 24.7 Å². The lowest BCUT2D eigenvalue weighted by Gasteiger charge is -2.37. The average Bonchev–Trinajstić information content (AvgIpc) is 2.76. The highest BCUT2D eigenvalue weighted by molar-refractivity contribution is 7.99. The number of hydrogen-bond acceptors (Lipinski definition) is 4. The maximum absolute atomic E-state index is 11.6. The van der Waals surface area contributed by atoms with Crippen molar-refractivity contribution in [3.63, 3.8) is 0 Å². The summed E-state index contributed by atoms with van der Waals surface area (Å²) in [5.41, 5.74) is -0.754. The zero-order valence-electron chi connectivity index (χ0n) is 11.4. The first-order chi connectivity index (χ1) is 9.07. The Labute approximate surface area is 117 Å². The van der Waals surface area contributed by atoms with Crippen molar-refractivity contribution in [3.8, 4) is 0 Å². The summed E-state index contributed by atoms with van der Waals surface area (Å²) in [4.78, 5) is 15.9. The molecule has 19 heavy (non-hydrogen) atoms. The highest BCUT2D eigenvalue weighted by Crippen LogP contribution is 2.37. The lowest BCUT2D eigenvalue weighted by atomic mass is 9.81. The molecule has 6 heteroatoms. The smallest absolute Gasteiger partial charge is 0.323 e. The molecule has 1 aliphatic rings. The second-order valence-corrected chi connectivity index (χ2v) is 6.34. The molecule has 2 N–H and O–H groups in total. The molecule has 106 valence electrons. The van der Waals surface area contributed by atoms with Crippen LogP contribution < -0.4 is 5.32 Å². The number of nitrogens with zero attached hydrogens (tertiary/aromatic N) is 2. The van der Waals surface area contributed by atoms with Crippen LogP contribution in [-0.4, -0.2) is 38.0 Å². The van der Waals surface area contributed by atoms with Crippen molar-refractivity contribution in [2.24, 2.45) is 7.05 Å². The van der Waals surface area contributed by atoms with Crippen LogP contribution in [0.2, 0.25) is 0 Å². The molecule has 0 spiro atoms. The van der Waals surface area contributed by atoms with Crippen LogP contribution in [0.25, 0.3) is 0 Å². The molecule has 0 bridgehead atoms. The summed E-state index contributed by atoms with van der Waals surface area (Å²) in [6.45, 7) is 2.65. The van der Waals surface area contributed by atoms with Crippen molar-refractivity contribution in [1.82, 2.24) is 14.9 Å². The van der Waals surface area contributed by atoms with Crippen molar-refractivity contribution in [2.45, 2.75) is 48.6 Å². The first-order valence-electron chi connectivity index (χ1n) is 6.70. The molecule has 0 radical (unpaired) electrons. The van der Waals surface area contributed by atoms with Gasteiger partial charge in [0.25, 0.3) is 0 Å². The van der Waals surface area contributed by atoms with Gasteiger partial charge >= 0.3 is 5.97 Å². The normalized spacial score (nSPS) is 27.4. The lowest BCUT2D eigenvalue weighted by Crippen LogP contribution is -2.55. The summed E-state index contributed by atoms with van der Waals surface area (Å²) < 4.78 is 1.98. The lowest BCUT2D eigenvalue weighted by molar-refractivity contribution is -0.146. The van der Waals surface area contributed by atoms with Gasteiger partial charge < -0.3 is 15.0 Å². The van der Waals surface area contributed by atoms with E-state index in [4.69, 9.17) is 0 Å². The molecule has 1 saturated carbocycles. The fourth-order valence-corrected chi connectivity index (χ4v) is 4.01. The van der Waals surface area contributed by atoms with Crippen molar-refractivity contribution < 1.29 is 9.90 Å². The van der Waals surface area contributed by atoms with Gasteiger partial charge in [-0.15, -0.1) is 0 Å². The largest absolute Gasteiger partial charge is 0.480 e. The molecule has 1 fully saturated rings. The van der Waals surface area contributed by atoms with Gasteiger partial charge in [0.15, 0.2) is 5.16 Å². The van der Waals surface area contributed by atoms with Crippen LogP contribution in [0, 0.1) is 0 Å². The molecule has 1 aliphatic carbocycles. The summed E-state index contributed by atoms with van der Waals surface area (Å²) in [6, 6.07) is 0. The second-order valence-electron chi connectivity index (χ2n) is 5.07. The number of likely N-dealkylation sites (N-methyl/N-ethyl adjacent to an activating group) is 1. The Hall–Kier alpha value is -1.01. The maximum Gasteiger partial charge on any atom is 0.323 e. The van der Waals surface area contributed by atoms with E-state index in [1.54, 1.807) is 18.0 Å². The predicted molar refractivity (Wildman–Crippen MR) is 75.4 cm³/mol. The Kier molecular flexibility index (Phi) is 4.52. The van der Waals surface area contributed by atoms with Gasteiger partial charge in [-0.2, -0.15) is 0 Å². The number of nitrogens with one attached hydrogen (secondary N) is 1. The minimum absolute atomic E-state index is 0.310. The molecule has 0 saturated heterocycles. The predicted octanol–water partition coefficient (Wildman–Crippen LogP) is 1.89. The van der Waals surface area contributed by atoms with E-state index in [0.29, 0.717) is 24.6 Å². The van der Waals surface area contributed by atoms with Gasteiger partial charge in [0.2, 0.25) is 0 Å². The van der Waals surface area contributed by atoms with E-state index in [-0.39, 0.29) is 0 Å². The van der Waals surface area contributed by atoms with E-state index < -0.39 is 11.5 Å². The van der Waals surface area contributed by atoms with Crippen molar-refractivity contribution >= 4 is 17.7 Å².